The van der Waals surface area contributed by atoms with Gasteiger partial charge in [0.1, 0.15) is 0 Å². The number of rotatable bonds is 7. The van der Waals surface area contributed by atoms with Crippen LogP contribution < -0.4 is 4.72 Å². The molecule has 1 aliphatic heterocycles. The molecule has 0 bridgehead atoms. The first kappa shape index (κ1) is 19.5. The van der Waals surface area contributed by atoms with Crippen molar-refractivity contribution in [3.8, 4) is 0 Å². The van der Waals surface area contributed by atoms with E-state index in [0.29, 0.717) is 26.3 Å². The zero-order valence-electron chi connectivity index (χ0n) is 14.9. The number of nitrogens with zero attached hydrogens (tertiary/aromatic N) is 3. The van der Waals surface area contributed by atoms with Gasteiger partial charge in [-0.2, -0.15) is 0 Å². The summed E-state index contributed by atoms with van der Waals surface area (Å²) in [6.45, 7) is 2.75. The summed E-state index contributed by atoms with van der Waals surface area (Å²) in [5, 5.41) is 10.9. The highest BCUT2D eigenvalue weighted by Gasteiger charge is 2.27. The van der Waals surface area contributed by atoms with Crippen LogP contribution in [-0.2, 0) is 21.8 Å². The Labute approximate surface area is 157 Å². The molecule has 27 heavy (non-hydrogen) atoms. The third-order valence-electron chi connectivity index (χ3n) is 4.62. The van der Waals surface area contributed by atoms with E-state index in [9.17, 15) is 18.5 Å². The van der Waals surface area contributed by atoms with Crippen molar-refractivity contribution in [2.75, 3.05) is 32.8 Å². The Morgan fingerprint density at radius 2 is 2.00 bits per heavy atom. The number of aromatic nitrogens is 1. The van der Waals surface area contributed by atoms with E-state index in [1.807, 2.05) is 29.9 Å². The number of non-ortho nitro benzene ring substituents is 1. The first-order chi connectivity index (χ1) is 12.9. The van der Waals surface area contributed by atoms with Gasteiger partial charge in [-0.3, -0.25) is 15.0 Å². The number of ether oxygens (including phenoxy) is 1. The summed E-state index contributed by atoms with van der Waals surface area (Å²) in [7, 11) is -1.96. The summed E-state index contributed by atoms with van der Waals surface area (Å²) in [5.74, 6) is 0. The van der Waals surface area contributed by atoms with Gasteiger partial charge in [0.15, 0.2) is 0 Å². The summed E-state index contributed by atoms with van der Waals surface area (Å²) in [4.78, 5) is 12.4. The average Bonchev–Trinajstić information content (AvgIpc) is 3.09. The van der Waals surface area contributed by atoms with Gasteiger partial charge in [0.05, 0.1) is 29.1 Å². The van der Waals surface area contributed by atoms with E-state index >= 15 is 0 Å². The quantitative estimate of drug-likeness (QED) is 0.560. The van der Waals surface area contributed by atoms with Gasteiger partial charge in [0.25, 0.3) is 5.69 Å². The topological polar surface area (TPSA) is 107 Å². The van der Waals surface area contributed by atoms with Crippen molar-refractivity contribution >= 4 is 15.7 Å². The Hall–Kier alpha value is -2.27. The van der Waals surface area contributed by atoms with Crippen LogP contribution in [0.25, 0.3) is 0 Å². The van der Waals surface area contributed by atoms with Crippen molar-refractivity contribution in [2.24, 2.45) is 7.05 Å². The Morgan fingerprint density at radius 3 is 2.63 bits per heavy atom. The predicted molar refractivity (Wildman–Crippen MR) is 98.8 cm³/mol. The van der Waals surface area contributed by atoms with Crippen molar-refractivity contribution in [1.29, 1.82) is 0 Å². The molecule has 1 fully saturated rings. The fraction of sp³-hybridized carbons (Fsp3) is 0.412. The molecule has 0 aliphatic carbocycles. The number of hydrogen-bond acceptors (Lipinski definition) is 6. The molecule has 1 aromatic carbocycles. The van der Waals surface area contributed by atoms with Crippen LogP contribution in [-0.4, -0.2) is 55.7 Å². The molecule has 2 aromatic rings. The molecule has 1 atom stereocenters. The highest BCUT2D eigenvalue weighted by Crippen LogP contribution is 2.23. The molecule has 3 rings (SSSR count). The van der Waals surface area contributed by atoms with E-state index in [-0.39, 0.29) is 23.2 Å². The fourth-order valence-electron chi connectivity index (χ4n) is 3.17. The van der Waals surface area contributed by atoms with Gasteiger partial charge >= 0.3 is 0 Å². The zero-order valence-corrected chi connectivity index (χ0v) is 15.8. The molecule has 10 heteroatoms. The van der Waals surface area contributed by atoms with E-state index in [1.165, 1.54) is 18.2 Å². The third kappa shape index (κ3) is 4.53. The molecule has 9 nitrogen and oxygen atoms in total. The first-order valence-electron chi connectivity index (χ1n) is 8.55. The SMILES string of the molecule is Cn1cccc1C(CNS(=O)(=O)c1cccc([N+](=O)[O-])c1)N1CCOCC1. The van der Waals surface area contributed by atoms with E-state index in [2.05, 4.69) is 9.62 Å². The van der Waals surface area contributed by atoms with E-state index < -0.39 is 14.9 Å². The van der Waals surface area contributed by atoms with E-state index in [1.54, 1.807) is 0 Å². The minimum Gasteiger partial charge on any atom is -0.379 e. The van der Waals surface area contributed by atoms with Crippen LogP contribution in [0.5, 0.6) is 0 Å². The van der Waals surface area contributed by atoms with Crippen LogP contribution in [0.3, 0.4) is 0 Å². The number of morpholine rings is 1. The lowest BCUT2D eigenvalue weighted by molar-refractivity contribution is -0.385. The maximum atomic E-state index is 12.7. The zero-order chi connectivity index (χ0) is 19.4. The van der Waals surface area contributed by atoms with E-state index in [0.717, 1.165) is 11.8 Å². The summed E-state index contributed by atoms with van der Waals surface area (Å²) in [5.41, 5.74) is 0.726. The largest absolute Gasteiger partial charge is 0.379 e. The monoisotopic (exact) mass is 394 g/mol. The van der Waals surface area contributed by atoms with Crippen LogP contribution in [0, 0.1) is 10.1 Å². The molecule has 146 valence electrons. The Bertz CT molecular complexity index is 906. The molecule has 1 aromatic heterocycles. The molecular weight excluding hydrogens is 372 g/mol. The van der Waals surface area contributed by atoms with Gasteiger partial charge in [0.2, 0.25) is 10.0 Å². The molecule has 2 heterocycles. The number of hydrogen-bond donors (Lipinski definition) is 1. The molecule has 0 radical (unpaired) electrons. The van der Waals surface area contributed by atoms with Gasteiger partial charge in [0, 0.05) is 50.7 Å². The highest BCUT2D eigenvalue weighted by atomic mass is 32.2. The van der Waals surface area contributed by atoms with Crippen molar-refractivity contribution in [1.82, 2.24) is 14.2 Å². The lowest BCUT2D eigenvalue weighted by Crippen LogP contribution is -2.44. The summed E-state index contributed by atoms with van der Waals surface area (Å²) < 4.78 is 35.3. The van der Waals surface area contributed by atoms with Crippen molar-refractivity contribution in [2.45, 2.75) is 10.9 Å². The number of aryl methyl sites for hydroxylation is 1. The number of sulfonamides is 1. The van der Waals surface area contributed by atoms with E-state index in [4.69, 9.17) is 4.74 Å². The Kier molecular flexibility index (Phi) is 5.90. The maximum absolute atomic E-state index is 12.7. The molecule has 0 saturated carbocycles. The summed E-state index contributed by atoms with van der Waals surface area (Å²) in [6.07, 6.45) is 1.91. The smallest absolute Gasteiger partial charge is 0.270 e. The van der Waals surface area contributed by atoms with Gasteiger partial charge < -0.3 is 9.30 Å². The Morgan fingerprint density at radius 1 is 1.26 bits per heavy atom. The summed E-state index contributed by atoms with van der Waals surface area (Å²) in [6, 6.07) is 8.75. The van der Waals surface area contributed by atoms with Crippen LogP contribution in [0.1, 0.15) is 11.7 Å². The molecule has 1 aliphatic rings. The van der Waals surface area contributed by atoms with Crippen LogP contribution in [0.4, 0.5) is 5.69 Å². The maximum Gasteiger partial charge on any atom is 0.270 e. The van der Waals surface area contributed by atoms with Crippen molar-refractivity contribution < 1.29 is 18.1 Å². The molecule has 0 spiro atoms. The second kappa shape index (κ2) is 8.17. The van der Waals surface area contributed by atoms with Crippen LogP contribution in [0.15, 0.2) is 47.5 Å². The molecular formula is C17H22N4O5S. The second-order valence-electron chi connectivity index (χ2n) is 6.31. The normalized spacial score (nSPS) is 16.9. The molecule has 1 N–H and O–H groups in total. The van der Waals surface area contributed by atoms with Crippen molar-refractivity contribution in [3.05, 3.63) is 58.4 Å². The fourth-order valence-corrected chi connectivity index (χ4v) is 4.24. The standard InChI is InChI=1S/C17H22N4O5S/c1-19-7-3-6-16(19)17(20-8-10-26-11-9-20)13-18-27(24,25)15-5-2-4-14(12-15)21(22)23/h2-7,12,17-18H,8-11,13H2,1H3. The number of nitro benzene ring substituents is 1. The van der Waals surface area contributed by atoms with Crippen LogP contribution >= 0.6 is 0 Å². The third-order valence-corrected chi connectivity index (χ3v) is 6.04. The lowest BCUT2D eigenvalue weighted by atomic mass is 10.1. The highest BCUT2D eigenvalue weighted by molar-refractivity contribution is 7.89. The minimum absolute atomic E-state index is 0.121. The number of nitro groups is 1. The first-order valence-corrected chi connectivity index (χ1v) is 10.0. The van der Waals surface area contributed by atoms with Gasteiger partial charge in [-0.1, -0.05) is 6.07 Å². The van der Waals surface area contributed by atoms with Crippen LogP contribution in [0.2, 0.25) is 0 Å². The molecule has 1 saturated heterocycles. The average molecular weight is 394 g/mol. The van der Waals surface area contributed by atoms with Gasteiger partial charge in [-0.05, 0) is 18.2 Å². The minimum atomic E-state index is -3.88. The van der Waals surface area contributed by atoms with Crippen molar-refractivity contribution in [3.63, 3.8) is 0 Å². The Balaban J connectivity index is 1.81. The summed E-state index contributed by atoms with van der Waals surface area (Å²) >= 11 is 0. The van der Waals surface area contributed by atoms with Gasteiger partial charge in [-0.25, -0.2) is 13.1 Å². The predicted octanol–water partition coefficient (Wildman–Crippen LogP) is 1.29. The number of benzene rings is 1. The molecule has 1 unspecified atom stereocenters. The number of nitrogens with one attached hydrogen (secondary N) is 1. The molecule has 0 amide bonds. The van der Waals surface area contributed by atoms with Gasteiger partial charge in [-0.15, -0.1) is 0 Å². The lowest BCUT2D eigenvalue weighted by Gasteiger charge is -2.34. The second-order valence-corrected chi connectivity index (χ2v) is 8.08.